The van der Waals surface area contributed by atoms with E-state index in [2.05, 4.69) is 27.7 Å². The molecule has 2 N–H and O–H groups in total. The molecule has 0 heterocycles. The molecule has 8 heteroatoms. The third kappa shape index (κ3) is 4.92. The van der Waals surface area contributed by atoms with E-state index < -0.39 is 34.5 Å². The lowest BCUT2D eigenvalue weighted by Gasteiger charge is -2.60. The van der Waals surface area contributed by atoms with Crippen molar-refractivity contribution >= 4 is 16.4 Å². The zero-order chi connectivity index (χ0) is 28.3. The van der Waals surface area contributed by atoms with Crippen molar-refractivity contribution in [3.63, 3.8) is 0 Å². The van der Waals surface area contributed by atoms with Crippen molar-refractivity contribution in [2.75, 3.05) is 7.11 Å². The van der Waals surface area contributed by atoms with Crippen molar-refractivity contribution in [3.05, 3.63) is 22.8 Å². The molecule has 0 aromatic heterocycles. The Morgan fingerprint density at radius 3 is 2.37 bits per heavy atom. The zero-order valence-electron chi connectivity index (χ0n) is 24.2. The van der Waals surface area contributed by atoms with E-state index in [1.54, 1.807) is 5.57 Å². The summed E-state index contributed by atoms with van der Waals surface area (Å²) in [5.74, 6) is -0.344. The van der Waals surface area contributed by atoms with Gasteiger partial charge in [0, 0.05) is 0 Å². The summed E-state index contributed by atoms with van der Waals surface area (Å²) in [5.41, 5.74) is 4.14. The van der Waals surface area contributed by atoms with E-state index >= 15 is 0 Å². The summed E-state index contributed by atoms with van der Waals surface area (Å²) in [7, 11) is -3.35. The second-order valence-corrected chi connectivity index (χ2v) is 14.6. The molecular weight excluding hydrogens is 504 g/mol. The van der Waals surface area contributed by atoms with Crippen LogP contribution >= 0.6 is 0 Å². The maximum absolute atomic E-state index is 13.0. The first-order valence-electron chi connectivity index (χ1n) is 14.4. The zero-order valence-corrected chi connectivity index (χ0v) is 25.1. The molecule has 2 fully saturated rings. The van der Waals surface area contributed by atoms with Crippen LogP contribution in [0.4, 0.5) is 0 Å². The first-order chi connectivity index (χ1) is 17.6. The highest BCUT2D eigenvalue weighted by molar-refractivity contribution is 7.80. The Bertz CT molecular complexity index is 1110. The fourth-order valence-electron chi connectivity index (χ4n) is 9.60. The number of aliphatic hydroxyl groups is 1. The van der Waals surface area contributed by atoms with Gasteiger partial charge < -0.3 is 9.84 Å². The molecule has 0 aliphatic heterocycles. The lowest BCUT2D eigenvalue weighted by Crippen LogP contribution is -2.54. The fourth-order valence-corrected chi connectivity index (χ4v) is 10.1. The molecule has 0 aromatic rings. The van der Waals surface area contributed by atoms with E-state index in [1.807, 2.05) is 19.9 Å². The summed E-state index contributed by atoms with van der Waals surface area (Å²) in [6, 6.07) is 0. The maximum atomic E-state index is 13.0. The number of carbonyl (C=O) groups excluding carboxylic acids is 1. The Labute approximate surface area is 229 Å². The summed E-state index contributed by atoms with van der Waals surface area (Å²) in [6.45, 7) is 13.5. The van der Waals surface area contributed by atoms with E-state index in [0.29, 0.717) is 24.7 Å². The van der Waals surface area contributed by atoms with Gasteiger partial charge in [0.1, 0.15) is 0 Å². The Hall–Kier alpha value is -1.22. The van der Waals surface area contributed by atoms with Gasteiger partial charge in [0.15, 0.2) is 0 Å². The normalized spacial score (nSPS) is 40.4. The molecule has 4 aliphatic carbocycles. The smallest absolute Gasteiger partial charge is 0.397 e. The van der Waals surface area contributed by atoms with Crippen LogP contribution in [0.1, 0.15) is 99.3 Å². The van der Waals surface area contributed by atoms with Crippen LogP contribution in [0.25, 0.3) is 0 Å². The quantitative estimate of drug-likeness (QED) is 0.225. The minimum absolute atomic E-state index is 0.0670. The summed E-state index contributed by atoms with van der Waals surface area (Å²) < 4.78 is 42.7. The molecule has 4 aliphatic rings. The number of methoxy groups -OCH3 is 1. The van der Waals surface area contributed by atoms with Gasteiger partial charge in [-0.3, -0.25) is 9.35 Å². The van der Waals surface area contributed by atoms with Crippen LogP contribution in [0.5, 0.6) is 0 Å². The Morgan fingerprint density at radius 2 is 1.76 bits per heavy atom. The van der Waals surface area contributed by atoms with Crippen molar-refractivity contribution in [3.8, 4) is 0 Å². The predicted molar refractivity (Wildman–Crippen MR) is 146 cm³/mol. The second kappa shape index (κ2) is 10.3. The average Bonchev–Trinajstić information content (AvgIpc) is 3.08. The average molecular weight is 553 g/mol. The Morgan fingerprint density at radius 1 is 1.08 bits per heavy atom. The molecule has 0 radical (unpaired) electrons. The van der Waals surface area contributed by atoms with Crippen molar-refractivity contribution in [2.45, 2.75) is 112 Å². The van der Waals surface area contributed by atoms with Crippen LogP contribution in [0.2, 0.25) is 0 Å². The molecule has 0 spiro atoms. The standard InChI is InChI=1S/C30H48O7S/c1-18(2)16-20(31)17-19(3)21-10-14-30(6)23-8-9-24-26(27(32)36-7)25(37-38(33,34)35)12-13-28(24,4)22(23)11-15-29(21,30)5/h16,19-21,24-26,31H,8-15,17H2,1-7H3,(H,33,34,35)/t19-,20+,21-,24?,25+,26+,28-,29-,30+/m1/s1. The molecule has 4 rings (SSSR count). The highest BCUT2D eigenvalue weighted by atomic mass is 32.3. The molecular formula is C30H48O7S. The SMILES string of the molecule is COC(=O)[C@H]1C2CCC3=C(CC[C@]4(C)[C@@H]([C@H](C)C[C@@H](O)C=C(C)C)CC[C@@]34C)[C@@]2(C)CC[C@@H]1OS(=O)(=O)O. The van der Waals surface area contributed by atoms with Crippen LogP contribution in [-0.2, 0) is 24.1 Å². The molecule has 0 aromatic carbocycles. The number of hydrogen-bond acceptors (Lipinski definition) is 6. The molecule has 216 valence electrons. The summed E-state index contributed by atoms with van der Waals surface area (Å²) in [6.07, 6.45) is 8.51. The molecule has 0 bridgehead atoms. The molecule has 2 saturated carbocycles. The van der Waals surface area contributed by atoms with Crippen molar-refractivity contribution in [2.24, 2.45) is 39.9 Å². The van der Waals surface area contributed by atoms with Crippen LogP contribution in [-0.4, -0.2) is 43.4 Å². The minimum Gasteiger partial charge on any atom is -0.469 e. The predicted octanol–water partition coefficient (Wildman–Crippen LogP) is 6.04. The van der Waals surface area contributed by atoms with E-state index in [-0.39, 0.29) is 22.2 Å². The van der Waals surface area contributed by atoms with E-state index in [9.17, 15) is 22.9 Å². The second-order valence-electron chi connectivity index (χ2n) is 13.6. The number of rotatable bonds is 7. The Balaban J connectivity index is 1.66. The van der Waals surface area contributed by atoms with Crippen LogP contribution < -0.4 is 0 Å². The third-order valence-electron chi connectivity index (χ3n) is 11.5. The maximum Gasteiger partial charge on any atom is 0.397 e. The van der Waals surface area contributed by atoms with Gasteiger partial charge in [-0.2, -0.15) is 8.42 Å². The fraction of sp³-hybridized carbons (Fsp3) is 0.833. The van der Waals surface area contributed by atoms with Gasteiger partial charge in [-0.05, 0) is 106 Å². The first-order valence-corrected chi connectivity index (χ1v) is 15.7. The van der Waals surface area contributed by atoms with Crippen LogP contribution in [0.15, 0.2) is 22.8 Å². The summed E-state index contributed by atoms with van der Waals surface area (Å²) >= 11 is 0. The van der Waals surface area contributed by atoms with Crippen molar-refractivity contribution < 1.29 is 31.8 Å². The monoisotopic (exact) mass is 552 g/mol. The van der Waals surface area contributed by atoms with Gasteiger partial charge in [0.05, 0.1) is 25.2 Å². The van der Waals surface area contributed by atoms with E-state index in [0.717, 1.165) is 50.5 Å². The number of aliphatic hydroxyl groups excluding tert-OH is 1. The molecule has 0 amide bonds. The minimum atomic E-state index is -4.68. The van der Waals surface area contributed by atoms with Gasteiger partial charge in [0.2, 0.25) is 0 Å². The van der Waals surface area contributed by atoms with E-state index in [1.165, 1.54) is 12.7 Å². The van der Waals surface area contributed by atoms with Gasteiger partial charge in [0.25, 0.3) is 0 Å². The van der Waals surface area contributed by atoms with Crippen molar-refractivity contribution in [1.82, 2.24) is 0 Å². The highest BCUT2D eigenvalue weighted by Gasteiger charge is 2.63. The molecule has 0 saturated heterocycles. The third-order valence-corrected chi connectivity index (χ3v) is 12.0. The van der Waals surface area contributed by atoms with Gasteiger partial charge in [-0.25, -0.2) is 4.18 Å². The molecule has 7 nitrogen and oxygen atoms in total. The number of carbonyl (C=O) groups is 1. The number of allylic oxidation sites excluding steroid dienone is 3. The summed E-state index contributed by atoms with van der Waals surface area (Å²) in [4.78, 5) is 13.0. The lowest BCUT2D eigenvalue weighted by atomic mass is 9.45. The molecule has 9 atom stereocenters. The number of fused-ring (bicyclic) bond motifs is 4. The summed E-state index contributed by atoms with van der Waals surface area (Å²) in [5, 5.41) is 10.6. The number of esters is 1. The topological polar surface area (TPSA) is 110 Å². The largest absolute Gasteiger partial charge is 0.469 e. The van der Waals surface area contributed by atoms with Gasteiger partial charge in [-0.15, -0.1) is 0 Å². The Kier molecular flexibility index (Phi) is 8.08. The van der Waals surface area contributed by atoms with Gasteiger partial charge >= 0.3 is 16.4 Å². The molecule has 1 unspecified atom stereocenters. The first kappa shape index (κ1) is 29.8. The number of hydrogen-bond donors (Lipinski definition) is 2. The molecule has 38 heavy (non-hydrogen) atoms. The van der Waals surface area contributed by atoms with Gasteiger partial charge in [-0.1, -0.05) is 50.5 Å². The van der Waals surface area contributed by atoms with Crippen LogP contribution in [0, 0.1) is 39.9 Å². The number of ether oxygens (including phenoxy) is 1. The highest BCUT2D eigenvalue weighted by Crippen LogP contribution is 2.71. The van der Waals surface area contributed by atoms with E-state index in [4.69, 9.17) is 8.92 Å². The van der Waals surface area contributed by atoms with Crippen LogP contribution in [0.3, 0.4) is 0 Å². The lowest BCUT2D eigenvalue weighted by molar-refractivity contribution is -0.158. The van der Waals surface area contributed by atoms with Crippen molar-refractivity contribution in [1.29, 1.82) is 0 Å².